The number of halogens is 3. The van der Waals surface area contributed by atoms with Gasteiger partial charge in [0.25, 0.3) is 15.7 Å². The van der Waals surface area contributed by atoms with Gasteiger partial charge in [-0.2, -0.15) is 0 Å². The third-order valence-electron chi connectivity index (χ3n) is 4.24. The number of nitrogens with one attached hydrogen (secondary N) is 1. The van der Waals surface area contributed by atoms with Gasteiger partial charge in [0.1, 0.15) is 11.6 Å². The number of nitro benzene ring substituents is 1. The normalized spacial score (nSPS) is 11.1. The van der Waals surface area contributed by atoms with E-state index in [1.807, 2.05) is 0 Å². The van der Waals surface area contributed by atoms with Gasteiger partial charge in [0.05, 0.1) is 15.5 Å². The minimum atomic E-state index is -4.45. The Morgan fingerprint density at radius 2 is 1.72 bits per heavy atom. The van der Waals surface area contributed by atoms with Crippen LogP contribution in [0.2, 0.25) is 5.02 Å². The van der Waals surface area contributed by atoms with Gasteiger partial charge in [0, 0.05) is 17.8 Å². The maximum atomic E-state index is 13.4. The molecule has 0 fully saturated rings. The first-order valence-electron chi connectivity index (χ1n) is 8.86. The Labute approximate surface area is 186 Å². The molecule has 0 saturated carbocycles. The Hall–Kier alpha value is -3.57. The van der Waals surface area contributed by atoms with E-state index in [2.05, 4.69) is 5.32 Å². The van der Waals surface area contributed by atoms with Crippen molar-refractivity contribution in [3.05, 3.63) is 93.5 Å². The Balaban J connectivity index is 1.97. The van der Waals surface area contributed by atoms with Crippen molar-refractivity contribution in [2.75, 3.05) is 16.2 Å². The van der Waals surface area contributed by atoms with Crippen LogP contribution in [0.15, 0.2) is 71.6 Å². The highest BCUT2D eigenvalue weighted by atomic mass is 35.5. The van der Waals surface area contributed by atoms with Gasteiger partial charge in [-0.3, -0.25) is 19.2 Å². The predicted octanol–water partition coefficient (Wildman–Crippen LogP) is 4.36. The minimum absolute atomic E-state index is 0.0820. The van der Waals surface area contributed by atoms with Crippen molar-refractivity contribution in [3.63, 3.8) is 0 Å². The van der Waals surface area contributed by atoms with Crippen LogP contribution in [0.25, 0.3) is 0 Å². The second kappa shape index (κ2) is 9.28. The van der Waals surface area contributed by atoms with Crippen LogP contribution in [-0.2, 0) is 14.8 Å². The van der Waals surface area contributed by atoms with Gasteiger partial charge >= 0.3 is 0 Å². The molecule has 0 spiro atoms. The fourth-order valence-electron chi connectivity index (χ4n) is 2.73. The molecule has 12 heteroatoms. The highest BCUT2D eigenvalue weighted by Crippen LogP contribution is 2.30. The lowest BCUT2D eigenvalue weighted by Crippen LogP contribution is -2.38. The zero-order valence-electron chi connectivity index (χ0n) is 16.0. The SMILES string of the molecule is O=C(CN(c1ccccc1)S(=O)(=O)c1ccc(Cl)c([N+](=O)[O-])c1)Nc1ccc(F)c(F)c1. The van der Waals surface area contributed by atoms with Gasteiger partial charge in [0.2, 0.25) is 5.91 Å². The highest BCUT2D eigenvalue weighted by molar-refractivity contribution is 7.92. The van der Waals surface area contributed by atoms with Crippen molar-refractivity contribution in [3.8, 4) is 0 Å². The van der Waals surface area contributed by atoms with Crippen molar-refractivity contribution < 1.29 is 26.9 Å². The van der Waals surface area contributed by atoms with Crippen molar-refractivity contribution in [2.45, 2.75) is 4.90 Å². The number of hydrogen-bond donors (Lipinski definition) is 1. The van der Waals surface area contributed by atoms with Crippen molar-refractivity contribution in [1.82, 2.24) is 0 Å². The van der Waals surface area contributed by atoms with E-state index in [1.54, 1.807) is 6.07 Å². The van der Waals surface area contributed by atoms with Crippen LogP contribution in [-0.4, -0.2) is 25.8 Å². The zero-order valence-corrected chi connectivity index (χ0v) is 17.6. The minimum Gasteiger partial charge on any atom is -0.324 e. The van der Waals surface area contributed by atoms with E-state index in [4.69, 9.17) is 11.6 Å². The monoisotopic (exact) mass is 481 g/mol. The average molecular weight is 482 g/mol. The second-order valence-electron chi connectivity index (χ2n) is 6.39. The molecule has 0 radical (unpaired) electrons. The molecule has 1 N–H and O–H groups in total. The van der Waals surface area contributed by atoms with Crippen LogP contribution in [0.1, 0.15) is 0 Å². The van der Waals surface area contributed by atoms with E-state index in [0.29, 0.717) is 0 Å². The third-order valence-corrected chi connectivity index (χ3v) is 6.33. The van der Waals surface area contributed by atoms with Gasteiger partial charge in [-0.25, -0.2) is 17.2 Å². The van der Waals surface area contributed by atoms with Crippen LogP contribution in [0.3, 0.4) is 0 Å². The second-order valence-corrected chi connectivity index (χ2v) is 8.66. The summed E-state index contributed by atoms with van der Waals surface area (Å²) in [5, 5.41) is 13.2. The van der Waals surface area contributed by atoms with Crippen LogP contribution in [0.5, 0.6) is 0 Å². The number of anilines is 2. The number of sulfonamides is 1. The smallest absolute Gasteiger partial charge is 0.289 e. The number of hydrogen-bond acceptors (Lipinski definition) is 5. The maximum Gasteiger partial charge on any atom is 0.289 e. The summed E-state index contributed by atoms with van der Waals surface area (Å²) >= 11 is 5.76. The van der Waals surface area contributed by atoms with Crippen molar-refractivity contribution in [1.29, 1.82) is 0 Å². The van der Waals surface area contributed by atoms with E-state index in [1.165, 1.54) is 24.3 Å². The molecule has 166 valence electrons. The number of nitro groups is 1. The van der Waals surface area contributed by atoms with Gasteiger partial charge in [-0.05, 0) is 36.4 Å². The molecule has 32 heavy (non-hydrogen) atoms. The molecule has 0 aliphatic rings. The lowest BCUT2D eigenvalue weighted by Gasteiger charge is -2.24. The standard InChI is InChI=1S/C20H14ClF2N3O5S/c21-16-8-7-15(11-19(16)26(28)29)32(30,31)25(14-4-2-1-3-5-14)12-20(27)24-13-6-9-17(22)18(23)10-13/h1-11H,12H2,(H,24,27). The van der Waals surface area contributed by atoms with Crippen LogP contribution < -0.4 is 9.62 Å². The van der Waals surface area contributed by atoms with Crippen LogP contribution in [0.4, 0.5) is 25.8 Å². The number of para-hydroxylation sites is 1. The molecule has 0 aliphatic carbocycles. The van der Waals surface area contributed by atoms with Gasteiger partial charge in [-0.15, -0.1) is 0 Å². The molecule has 1 amide bonds. The fraction of sp³-hybridized carbons (Fsp3) is 0.0500. The number of carbonyl (C=O) groups excluding carboxylic acids is 1. The summed E-state index contributed by atoms with van der Waals surface area (Å²) in [5.41, 5.74) is -0.598. The van der Waals surface area contributed by atoms with E-state index >= 15 is 0 Å². The summed E-state index contributed by atoms with van der Waals surface area (Å²) < 4.78 is 53.8. The number of benzene rings is 3. The third kappa shape index (κ3) is 5.01. The molecule has 8 nitrogen and oxygen atoms in total. The maximum absolute atomic E-state index is 13.4. The summed E-state index contributed by atoms with van der Waals surface area (Å²) in [6, 6.07) is 13.2. The molecular formula is C20H14ClF2N3O5S. The summed E-state index contributed by atoms with van der Waals surface area (Å²) in [6.45, 7) is -0.748. The first-order valence-corrected chi connectivity index (χ1v) is 10.7. The lowest BCUT2D eigenvalue weighted by atomic mass is 10.3. The van der Waals surface area contributed by atoms with E-state index in [9.17, 15) is 32.1 Å². The molecule has 0 atom stereocenters. The summed E-state index contributed by atoms with van der Waals surface area (Å²) in [5.74, 6) is -3.16. The van der Waals surface area contributed by atoms with Crippen molar-refractivity contribution >= 4 is 44.6 Å². The Morgan fingerprint density at radius 3 is 2.34 bits per heavy atom. The molecular weight excluding hydrogens is 468 g/mol. The molecule has 0 bridgehead atoms. The van der Waals surface area contributed by atoms with Crippen LogP contribution in [0, 0.1) is 21.7 Å². The average Bonchev–Trinajstić information content (AvgIpc) is 2.75. The molecule has 0 saturated heterocycles. The zero-order chi connectivity index (χ0) is 23.5. The Bertz CT molecular complexity index is 1290. The molecule has 0 unspecified atom stereocenters. The predicted molar refractivity (Wildman–Crippen MR) is 114 cm³/mol. The quantitative estimate of drug-likeness (QED) is 0.398. The highest BCUT2D eigenvalue weighted by Gasteiger charge is 2.29. The Kier molecular flexibility index (Phi) is 6.70. The van der Waals surface area contributed by atoms with Crippen molar-refractivity contribution in [2.24, 2.45) is 0 Å². The van der Waals surface area contributed by atoms with Gasteiger partial charge < -0.3 is 5.32 Å². The first-order chi connectivity index (χ1) is 15.1. The van der Waals surface area contributed by atoms with Gasteiger partial charge in [0.15, 0.2) is 11.6 Å². The first kappa shape index (κ1) is 23.1. The number of carbonyl (C=O) groups is 1. The summed E-state index contributed by atoms with van der Waals surface area (Å²) in [6.07, 6.45) is 0. The molecule has 3 aromatic rings. The summed E-state index contributed by atoms with van der Waals surface area (Å²) in [7, 11) is -4.45. The topological polar surface area (TPSA) is 110 Å². The van der Waals surface area contributed by atoms with E-state index in [-0.39, 0.29) is 16.4 Å². The number of rotatable bonds is 7. The molecule has 3 rings (SSSR count). The van der Waals surface area contributed by atoms with Crippen LogP contribution >= 0.6 is 11.6 Å². The fourth-order valence-corrected chi connectivity index (χ4v) is 4.36. The Morgan fingerprint density at radius 1 is 1.03 bits per heavy atom. The van der Waals surface area contributed by atoms with E-state index in [0.717, 1.165) is 40.7 Å². The number of amides is 1. The summed E-state index contributed by atoms with van der Waals surface area (Å²) in [4.78, 5) is 22.4. The molecule has 0 aromatic heterocycles. The number of nitrogens with zero attached hydrogens (tertiary/aromatic N) is 2. The molecule has 3 aromatic carbocycles. The molecule has 0 aliphatic heterocycles. The van der Waals surface area contributed by atoms with E-state index < -0.39 is 49.6 Å². The lowest BCUT2D eigenvalue weighted by molar-refractivity contribution is -0.384. The van der Waals surface area contributed by atoms with Gasteiger partial charge in [-0.1, -0.05) is 29.8 Å². The molecule has 0 heterocycles. The largest absolute Gasteiger partial charge is 0.324 e.